The minimum atomic E-state index is -5.08. The number of hydrogen-bond donors (Lipinski definition) is 5. The number of carbonyl (C=O) groups excluding carboxylic acids is 1. The number of aliphatic carboxylic acids is 2. The van der Waals surface area contributed by atoms with Crippen molar-refractivity contribution < 1.29 is 42.5 Å². The van der Waals surface area contributed by atoms with Crippen molar-refractivity contribution >= 4 is 23.8 Å². The summed E-state index contributed by atoms with van der Waals surface area (Å²) in [5.74, 6) is -3.80. The number of halogens is 3. The van der Waals surface area contributed by atoms with Crippen molar-refractivity contribution in [2.24, 2.45) is 10.7 Å². The lowest BCUT2D eigenvalue weighted by Crippen LogP contribution is -2.60. The summed E-state index contributed by atoms with van der Waals surface area (Å²) in [7, 11) is 1.53. The number of ether oxygens (including phenoxy) is 1. The lowest BCUT2D eigenvalue weighted by molar-refractivity contribution is -0.192. The lowest BCUT2D eigenvalue weighted by atomic mass is 9.87. The minimum absolute atomic E-state index is 0.0199. The van der Waals surface area contributed by atoms with E-state index in [2.05, 4.69) is 15.6 Å². The van der Waals surface area contributed by atoms with Crippen molar-refractivity contribution in [3.8, 4) is 0 Å². The Labute approximate surface area is 177 Å². The first-order valence-corrected chi connectivity index (χ1v) is 9.42. The van der Waals surface area contributed by atoms with Crippen LogP contribution in [-0.4, -0.2) is 71.5 Å². The van der Waals surface area contributed by atoms with E-state index in [1.165, 1.54) is 14.0 Å². The maximum Gasteiger partial charge on any atom is 0.490 e. The third kappa shape index (κ3) is 10.2. The highest BCUT2D eigenvalue weighted by Crippen LogP contribution is 2.24. The summed E-state index contributed by atoms with van der Waals surface area (Å²) in [6.07, 6.45) is -2.27. The third-order valence-corrected chi connectivity index (χ3v) is 4.31. The Bertz CT molecular complexity index is 692. The monoisotopic (exact) mass is 454 g/mol. The first-order chi connectivity index (χ1) is 14.3. The van der Waals surface area contributed by atoms with E-state index in [0.29, 0.717) is 0 Å². The molecule has 6 N–H and O–H groups in total. The Balaban J connectivity index is 0.00000110. The molecule has 1 amide bonds. The van der Waals surface area contributed by atoms with E-state index in [-0.39, 0.29) is 30.0 Å². The topological polar surface area (TPSA) is 163 Å². The second-order valence-electron chi connectivity index (χ2n) is 6.63. The van der Waals surface area contributed by atoms with Gasteiger partial charge < -0.3 is 31.3 Å². The predicted octanol–water partition coefficient (Wildman–Crippen LogP) is 1.02. The molecule has 0 fully saturated rings. The number of alkyl halides is 3. The van der Waals surface area contributed by atoms with Crippen LogP contribution in [0.2, 0.25) is 0 Å². The molecule has 0 aromatic rings. The van der Waals surface area contributed by atoms with Crippen molar-refractivity contribution in [1.29, 1.82) is 0 Å². The largest absolute Gasteiger partial charge is 0.490 e. The zero-order valence-corrected chi connectivity index (χ0v) is 17.7. The van der Waals surface area contributed by atoms with Crippen LogP contribution in [0.4, 0.5) is 13.2 Å². The molecule has 1 rings (SSSR count). The van der Waals surface area contributed by atoms with E-state index < -0.39 is 36.3 Å². The molecule has 0 spiro atoms. The molecular formula is C18H29F3N4O6. The van der Waals surface area contributed by atoms with Gasteiger partial charge in [0.1, 0.15) is 0 Å². The van der Waals surface area contributed by atoms with Gasteiger partial charge in [0.25, 0.3) is 0 Å². The second-order valence-corrected chi connectivity index (χ2v) is 6.63. The molecule has 0 unspecified atom stereocenters. The highest BCUT2D eigenvalue weighted by atomic mass is 19.4. The van der Waals surface area contributed by atoms with Crippen LogP contribution in [0.5, 0.6) is 0 Å². The highest BCUT2D eigenvalue weighted by Gasteiger charge is 2.38. The number of nitrogens with two attached hydrogens (primary N) is 1. The van der Waals surface area contributed by atoms with Gasteiger partial charge in [0, 0.05) is 26.0 Å². The number of nitrogens with one attached hydrogen (secondary N) is 2. The van der Waals surface area contributed by atoms with Crippen LogP contribution in [0.25, 0.3) is 0 Å². The number of rotatable bonds is 7. The Morgan fingerprint density at radius 2 is 1.77 bits per heavy atom. The summed E-state index contributed by atoms with van der Waals surface area (Å²) in [6, 6.07) is -0.862. The fourth-order valence-corrected chi connectivity index (χ4v) is 2.76. The summed E-state index contributed by atoms with van der Waals surface area (Å²) in [5.41, 5.74) is 5.97. The SMILES string of the molecule is CCC(CC)O[C@@H]1C=C(C(=O)O)C[C@H](NC(N)=NC)[C@H]1NC(C)=O.O=C(O)C(F)(F)F. The Hall–Kier alpha value is -2.83. The first kappa shape index (κ1) is 28.2. The number of carbonyl (C=O) groups is 3. The number of guanidine groups is 1. The van der Waals surface area contributed by atoms with E-state index in [0.717, 1.165) is 12.8 Å². The first-order valence-electron chi connectivity index (χ1n) is 9.42. The molecule has 0 saturated carbocycles. The molecule has 0 radical (unpaired) electrons. The lowest BCUT2D eigenvalue weighted by Gasteiger charge is -2.38. The van der Waals surface area contributed by atoms with Crippen molar-refractivity contribution in [3.63, 3.8) is 0 Å². The van der Waals surface area contributed by atoms with Crippen molar-refractivity contribution in [2.75, 3.05) is 7.05 Å². The van der Waals surface area contributed by atoms with Crippen LogP contribution < -0.4 is 16.4 Å². The van der Waals surface area contributed by atoms with Gasteiger partial charge in [-0.05, 0) is 18.9 Å². The Morgan fingerprint density at radius 3 is 2.13 bits per heavy atom. The van der Waals surface area contributed by atoms with Gasteiger partial charge in [-0.25, -0.2) is 9.59 Å². The molecule has 3 atom stereocenters. The second kappa shape index (κ2) is 12.8. The van der Waals surface area contributed by atoms with Gasteiger partial charge in [-0.2, -0.15) is 13.2 Å². The smallest absolute Gasteiger partial charge is 0.478 e. The van der Waals surface area contributed by atoms with Crippen molar-refractivity contribution in [1.82, 2.24) is 10.6 Å². The molecule has 1 aliphatic rings. The van der Waals surface area contributed by atoms with Gasteiger partial charge in [-0.1, -0.05) is 13.8 Å². The van der Waals surface area contributed by atoms with Gasteiger partial charge in [0.05, 0.1) is 24.3 Å². The number of amides is 1. The standard InChI is InChI=1S/C16H28N4O4.C2HF3O2/c1-5-11(6-2)24-13-8-10(15(22)23)7-12(20-16(17)18-4)14(13)19-9(3)21;3-2(4,5)1(6)7/h8,11-14H,5-7H2,1-4H3,(H,19,21)(H,22,23)(H3,17,18,20);(H,6,7)/t12-,13+,14+;/m0./s1. The zero-order valence-electron chi connectivity index (χ0n) is 17.7. The van der Waals surface area contributed by atoms with E-state index in [9.17, 15) is 27.9 Å². The van der Waals surface area contributed by atoms with Crippen LogP contribution in [-0.2, 0) is 19.1 Å². The summed E-state index contributed by atoms with van der Waals surface area (Å²) in [4.78, 5) is 35.8. The van der Waals surface area contributed by atoms with Gasteiger partial charge in [0.15, 0.2) is 5.96 Å². The van der Waals surface area contributed by atoms with Gasteiger partial charge in [-0.15, -0.1) is 0 Å². The van der Waals surface area contributed by atoms with Crippen LogP contribution in [0.15, 0.2) is 16.6 Å². The molecule has 0 bridgehead atoms. The van der Waals surface area contributed by atoms with Gasteiger partial charge >= 0.3 is 18.1 Å². The van der Waals surface area contributed by atoms with Crippen LogP contribution in [0.1, 0.15) is 40.0 Å². The normalized spacial score (nSPS) is 21.5. The van der Waals surface area contributed by atoms with Crippen molar-refractivity contribution in [3.05, 3.63) is 11.6 Å². The fraction of sp³-hybridized carbons (Fsp3) is 0.667. The number of aliphatic imine (C=N–C) groups is 1. The van der Waals surface area contributed by atoms with E-state index in [4.69, 9.17) is 20.4 Å². The molecule has 178 valence electrons. The highest BCUT2D eigenvalue weighted by molar-refractivity contribution is 5.87. The molecule has 31 heavy (non-hydrogen) atoms. The van der Waals surface area contributed by atoms with Gasteiger partial charge in [-0.3, -0.25) is 9.79 Å². The summed E-state index contributed by atoms with van der Waals surface area (Å²) in [6.45, 7) is 5.42. The molecule has 0 heterocycles. The molecule has 1 aliphatic carbocycles. The maximum atomic E-state index is 11.6. The molecule has 0 saturated heterocycles. The van der Waals surface area contributed by atoms with E-state index in [1.54, 1.807) is 6.08 Å². The number of carboxylic acid groups (broad SMARTS) is 2. The van der Waals surface area contributed by atoms with Crippen LogP contribution in [0, 0.1) is 0 Å². The average Bonchev–Trinajstić information content (AvgIpc) is 2.66. The molecule has 0 aliphatic heterocycles. The number of hydrogen-bond acceptors (Lipinski definition) is 5. The quantitative estimate of drug-likeness (QED) is 0.281. The zero-order chi connectivity index (χ0) is 24.4. The van der Waals surface area contributed by atoms with Crippen LogP contribution >= 0.6 is 0 Å². The average molecular weight is 454 g/mol. The molecule has 10 nitrogen and oxygen atoms in total. The number of carboxylic acids is 2. The summed E-state index contributed by atoms with van der Waals surface area (Å²) in [5, 5.41) is 22.3. The Morgan fingerprint density at radius 1 is 1.26 bits per heavy atom. The summed E-state index contributed by atoms with van der Waals surface area (Å²) >= 11 is 0. The van der Waals surface area contributed by atoms with Gasteiger partial charge in [0.2, 0.25) is 5.91 Å². The Kier molecular flexibility index (Phi) is 11.6. The molecular weight excluding hydrogens is 425 g/mol. The molecule has 13 heteroatoms. The number of nitrogens with zero attached hydrogens (tertiary/aromatic N) is 1. The predicted molar refractivity (Wildman–Crippen MR) is 105 cm³/mol. The van der Waals surface area contributed by atoms with Crippen LogP contribution in [0.3, 0.4) is 0 Å². The van der Waals surface area contributed by atoms with E-state index in [1.807, 2.05) is 13.8 Å². The fourth-order valence-electron chi connectivity index (χ4n) is 2.76. The maximum absolute atomic E-state index is 11.6. The summed E-state index contributed by atoms with van der Waals surface area (Å²) < 4.78 is 37.8. The molecule has 0 aromatic heterocycles. The minimum Gasteiger partial charge on any atom is -0.478 e. The third-order valence-electron chi connectivity index (χ3n) is 4.31. The van der Waals surface area contributed by atoms with Crippen molar-refractivity contribution in [2.45, 2.75) is 70.5 Å². The molecule has 0 aromatic carbocycles. The van der Waals surface area contributed by atoms with E-state index >= 15 is 0 Å².